The quantitative estimate of drug-likeness (QED) is 0.490. The van der Waals surface area contributed by atoms with Gasteiger partial charge in [-0.2, -0.15) is 0 Å². The molecule has 0 N–H and O–H groups in total. The summed E-state index contributed by atoms with van der Waals surface area (Å²) >= 11 is 0. The third-order valence-corrected chi connectivity index (χ3v) is 2.07. The second kappa shape index (κ2) is 10.2. The molecular weight excluding hydrogens is 196 g/mol. The van der Waals surface area contributed by atoms with Crippen molar-refractivity contribution in [1.29, 1.82) is 0 Å². The maximum absolute atomic E-state index is 5.44. The lowest BCUT2D eigenvalue weighted by molar-refractivity contribution is 0.0864. The fraction of sp³-hybridized carbons (Fsp3) is 0.600. The van der Waals surface area contributed by atoms with Crippen molar-refractivity contribution < 1.29 is 4.74 Å². The summed E-state index contributed by atoms with van der Waals surface area (Å²) in [6, 6.07) is 0. The molecule has 16 heavy (non-hydrogen) atoms. The van der Waals surface area contributed by atoms with Gasteiger partial charge in [-0.25, -0.2) is 0 Å². The van der Waals surface area contributed by atoms with Crippen LogP contribution in [-0.2, 0) is 4.74 Å². The molecule has 86 valence electrons. The van der Waals surface area contributed by atoms with Crippen molar-refractivity contribution in [1.82, 2.24) is 0 Å². The highest BCUT2D eigenvalue weighted by Crippen LogP contribution is 2.05. The minimum Gasteiger partial charge on any atom is -0.353 e. The van der Waals surface area contributed by atoms with Crippen molar-refractivity contribution >= 4 is 0 Å². The van der Waals surface area contributed by atoms with Crippen LogP contribution in [0.15, 0.2) is 0 Å². The number of terminal acetylenes is 2. The molecule has 0 aliphatic rings. The van der Waals surface area contributed by atoms with Crippen molar-refractivity contribution in [2.45, 2.75) is 45.6 Å². The third kappa shape index (κ3) is 7.99. The van der Waals surface area contributed by atoms with Gasteiger partial charge >= 0.3 is 0 Å². The van der Waals surface area contributed by atoms with Gasteiger partial charge in [0, 0.05) is 12.8 Å². The van der Waals surface area contributed by atoms with Gasteiger partial charge in [-0.15, -0.1) is 24.7 Å². The van der Waals surface area contributed by atoms with Gasteiger partial charge in [-0.3, -0.25) is 0 Å². The average Bonchev–Trinajstić information content (AvgIpc) is 2.26. The van der Waals surface area contributed by atoms with E-state index in [9.17, 15) is 0 Å². The van der Waals surface area contributed by atoms with E-state index in [4.69, 9.17) is 17.6 Å². The SMILES string of the molecule is C#CCCCCC#CC(OCC#C)C(C)C. The Hall–Kier alpha value is -1.36. The largest absolute Gasteiger partial charge is 0.353 e. The monoisotopic (exact) mass is 216 g/mol. The van der Waals surface area contributed by atoms with Gasteiger partial charge in [0.2, 0.25) is 0 Å². The maximum atomic E-state index is 5.44. The summed E-state index contributed by atoms with van der Waals surface area (Å²) in [4.78, 5) is 0. The van der Waals surface area contributed by atoms with Crippen LogP contribution in [0.5, 0.6) is 0 Å². The normalized spacial score (nSPS) is 11.1. The highest BCUT2D eigenvalue weighted by atomic mass is 16.5. The molecule has 1 heteroatoms. The van der Waals surface area contributed by atoms with Crippen LogP contribution >= 0.6 is 0 Å². The van der Waals surface area contributed by atoms with E-state index < -0.39 is 0 Å². The van der Waals surface area contributed by atoms with Gasteiger partial charge in [-0.05, 0) is 18.8 Å². The fourth-order valence-corrected chi connectivity index (χ4v) is 1.15. The summed E-state index contributed by atoms with van der Waals surface area (Å²) in [6.45, 7) is 4.48. The minimum absolute atomic E-state index is 0.0521. The molecule has 0 aromatic carbocycles. The van der Waals surface area contributed by atoms with E-state index in [-0.39, 0.29) is 6.10 Å². The summed E-state index contributed by atoms with van der Waals surface area (Å²) in [5.41, 5.74) is 0. The van der Waals surface area contributed by atoms with Crippen LogP contribution in [0.1, 0.15) is 39.5 Å². The van der Waals surface area contributed by atoms with Crippen LogP contribution in [0.2, 0.25) is 0 Å². The summed E-state index contributed by atoms with van der Waals surface area (Å²) < 4.78 is 5.44. The Bertz CT molecular complexity index is 303. The molecule has 1 unspecified atom stereocenters. The van der Waals surface area contributed by atoms with Gasteiger partial charge in [0.25, 0.3) is 0 Å². The summed E-state index contributed by atoms with van der Waals surface area (Å²) in [6.07, 6.45) is 14.1. The van der Waals surface area contributed by atoms with E-state index in [0.717, 1.165) is 25.7 Å². The van der Waals surface area contributed by atoms with Crippen LogP contribution in [0.3, 0.4) is 0 Å². The standard InChI is InChI=1S/C15H20O/c1-5-7-8-9-10-11-12-15(14(3)4)16-13-6-2/h1-2,14-15H,7-10,13H2,3-4H3. The molecule has 0 aliphatic heterocycles. The minimum atomic E-state index is -0.0521. The lowest BCUT2D eigenvalue weighted by Crippen LogP contribution is -2.17. The number of unbranched alkanes of at least 4 members (excludes halogenated alkanes) is 3. The first-order valence-electron chi connectivity index (χ1n) is 5.69. The van der Waals surface area contributed by atoms with Gasteiger partial charge in [0.1, 0.15) is 12.7 Å². The summed E-state index contributed by atoms with van der Waals surface area (Å²) in [5, 5.41) is 0. The molecule has 0 heterocycles. The second-order valence-electron chi connectivity index (χ2n) is 3.91. The van der Waals surface area contributed by atoms with Crippen LogP contribution in [0, 0.1) is 42.4 Å². The zero-order chi connectivity index (χ0) is 12.2. The molecule has 0 aromatic rings. The lowest BCUT2D eigenvalue weighted by atomic mass is 10.1. The van der Waals surface area contributed by atoms with E-state index in [1.807, 2.05) is 0 Å². The number of rotatable bonds is 6. The molecule has 0 rings (SSSR count). The maximum Gasteiger partial charge on any atom is 0.121 e. The van der Waals surface area contributed by atoms with Gasteiger partial charge in [0.05, 0.1) is 0 Å². The van der Waals surface area contributed by atoms with Gasteiger partial charge in [-0.1, -0.05) is 25.7 Å². The van der Waals surface area contributed by atoms with Crippen LogP contribution in [0.25, 0.3) is 0 Å². The molecule has 0 radical (unpaired) electrons. The zero-order valence-electron chi connectivity index (χ0n) is 10.3. The molecule has 0 saturated heterocycles. The Morgan fingerprint density at radius 2 is 1.75 bits per heavy atom. The lowest BCUT2D eigenvalue weighted by Gasteiger charge is -2.13. The molecular formula is C15H20O. The van der Waals surface area contributed by atoms with Crippen molar-refractivity contribution in [2.75, 3.05) is 6.61 Å². The zero-order valence-corrected chi connectivity index (χ0v) is 10.3. The first-order chi connectivity index (χ1) is 7.72. The number of hydrogen-bond donors (Lipinski definition) is 0. The Morgan fingerprint density at radius 1 is 1.06 bits per heavy atom. The van der Waals surface area contributed by atoms with E-state index in [1.54, 1.807) is 0 Å². The summed E-state index contributed by atoms with van der Waals surface area (Å²) in [5.74, 6) is 11.7. The Balaban J connectivity index is 3.86. The van der Waals surface area contributed by atoms with Crippen molar-refractivity contribution in [3.8, 4) is 36.5 Å². The molecule has 0 spiro atoms. The van der Waals surface area contributed by atoms with Crippen molar-refractivity contribution in [2.24, 2.45) is 5.92 Å². The molecule has 1 nitrogen and oxygen atoms in total. The molecule has 0 amide bonds. The number of hydrogen-bond acceptors (Lipinski definition) is 1. The van der Waals surface area contributed by atoms with Gasteiger partial charge < -0.3 is 4.74 Å². The topological polar surface area (TPSA) is 9.23 Å². The van der Waals surface area contributed by atoms with Crippen LogP contribution in [0.4, 0.5) is 0 Å². The van der Waals surface area contributed by atoms with Crippen LogP contribution in [-0.4, -0.2) is 12.7 Å². The third-order valence-electron chi connectivity index (χ3n) is 2.07. The van der Waals surface area contributed by atoms with Crippen molar-refractivity contribution in [3.63, 3.8) is 0 Å². The highest BCUT2D eigenvalue weighted by molar-refractivity contribution is 5.06. The predicted molar refractivity (Wildman–Crippen MR) is 68.5 cm³/mol. The number of ether oxygens (including phenoxy) is 1. The molecule has 0 aliphatic carbocycles. The first-order valence-corrected chi connectivity index (χ1v) is 5.69. The molecule has 1 atom stereocenters. The Morgan fingerprint density at radius 3 is 2.31 bits per heavy atom. The Kier molecular flexibility index (Phi) is 9.30. The van der Waals surface area contributed by atoms with Crippen molar-refractivity contribution in [3.05, 3.63) is 0 Å². The van der Waals surface area contributed by atoms with Gasteiger partial charge in [0.15, 0.2) is 0 Å². The highest BCUT2D eigenvalue weighted by Gasteiger charge is 2.08. The molecule has 0 saturated carbocycles. The predicted octanol–water partition coefficient (Wildman–Crippen LogP) is 2.86. The van der Waals surface area contributed by atoms with E-state index >= 15 is 0 Å². The molecule has 0 bridgehead atoms. The Labute approximate surface area is 100.0 Å². The molecule has 0 aromatic heterocycles. The average molecular weight is 216 g/mol. The van der Waals surface area contributed by atoms with Crippen LogP contribution < -0.4 is 0 Å². The van der Waals surface area contributed by atoms with E-state index in [1.165, 1.54) is 0 Å². The second-order valence-corrected chi connectivity index (χ2v) is 3.91. The fourth-order valence-electron chi connectivity index (χ4n) is 1.15. The van der Waals surface area contributed by atoms with E-state index in [0.29, 0.717) is 12.5 Å². The van der Waals surface area contributed by atoms with E-state index in [2.05, 4.69) is 37.5 Å². The smallest absolute Gasteiger partial charge is 0.121 e. The molecule has 0 fully saturated rings. The first kappa shape index (κ1) is 14.6. The summed E-state index contributed by atoms with van der Waals surface area (Å²) in [7, 11) is 0.